The molecule has 0 bridgehead atoms. The lowest BCUT2D eigenvalue weighted by atomic mass is 10.2. The van der Waals surface area contributed by atoms with E-state index in [2.05, 4.69) is 0 Å². The number of non-ortho nitro benzene ring substituents is 1. The van der Waals surface area contributed by atoms with Crippen LogP contribution >= 0.6 is 0 Å². The zero-order chi connectivity index (χ0) is 10.3. The molecule has 0 atom stereocenters. The Hall–Kier alpha value is -1.78. The van der Waals surface area contributed by atoms with Crippen LogP contribution in [0.15, 0.2) is 18.2 Å². The molecule has 0 saturated heterocycles. The summed E-state index contributed by atoms with van der Waals surface area (Å²) in [5, 5.41) is 10.6. The Balaban J connectivity index is 2.50. The van der Waals surface area contributed by atoms with Gasteiger partial charge in [-0.1, -0.05) is 0 Å². The van der Waals surface area contributed by atoms with E-state index in [0.717, 1.165) is 11.4 Å². The zero-order valence-electron chi connectivity index (χ0n) is 7.97. The normalized spacial score (nSPS) is 14.4. The van der Waals surface area contributed by atoms with Crippen molar-refractivity contribution in [1.29, 1.82) is 0 Å². The number of hydrogen-bond acceptors (Lipinski definition) is 4. The summed E-state index contributed by atoms with van der Waals surface area (Å²) >= 11 is 0. The van der Waals surface area contributed by atoms with E-state index in [1.165, 1.54) is 6.07 Å². The first-order valence-electron chi connectivity index (χ1n) is 4.18. The molecular weight excluding hydrogens is 182 g/mol. The number of nitrogens with zero attached hydrogens (tertiary/aromatic N) is 3. The van der Waals surface area contributed by atoms with Gasteiger partial charge in [-0.2, -0.15) is 0 Å². The number of nitro benzene ring substituents is 1. The predicted molar refractivity (Wildman–Crippen MR) is 54.2 cm³/mol. The minimum Gasteiger partial charge on any atom is -0.349 e. The first-order valence-corrected chi connectivity index (χ1v) is 4.18. The molecule has 5 heteroatoms. The van der Waals surface area contributed by atoms with Gasteiger partial charge in [-0.3, -0.25) is 10.1 Å². The molecule has 73 valence electrons. The van der Waals surface area contributed by atoms with Crippen LogP contribution in [0.1, 0.15) is 0 Å². The van der Waals surface area contributed by atoms with Gasteiger partial charge >= 0.3 is 0 Å². The van der Waals surface area contributed by atoms with E-state index in [-0.39, 0.29) is 10.6 Å². The molecule has 0 aromatic heterocycles. The summed E-state index contributed by atoms with van der Waals surface area (Å²) in [7, 11) is 3.78. The van der Waals surface area contributed by atoms with Crippen LogP contribution in [-0.4, -0.2) is 19.0 Å². The molecule has 0 aliphatic carbocycles. The highest BCUT2D eigenvalue weighted by Crippen LogP contribution is 2.38. The fraction of sp³-hybridized carbons (Fsp3) is 0.222. The third kappa shape index (κ3) is 1.17. The Bertz CT molecular complexity index is 392. The van der Waals surface area contributed by atoms with Crippen LogP contribution in [0.2, 0.25) is 0 Å². The van der Waals surface area contributed by atoms with Crippen LogP contribution in [0.5, 0.6) is 0 Å². The first-order chi connectivity index (χ1) is 6.59. The van der Waals surface area contributed by atoms with Crippen LogP contribution in [-0.2, 0) is 0 Å². The van der Waals surface area contributed by atoms with Gasteiger partial charge in [0.15, 0.2) is 0 Å². The maximum absolute atomic E-state index is 10.6. The lowest BCUT2D eigenvalue weighted by molar-refractivity contribution is -0.384. The molecule has 14 heavy (non-hydrogen) atoms. The van der Waals surface area contributed by atoms with Crippen LogP contribution in [0, 0.1) is 16.8 Å². The van der Waals surface area contributed by atoms with Gasteiger partial charge in [-0.25, -0.2) is 0 Å². The van der Waals surface area contributed by atoms with Crippen LogP contribution in [0.4, 0.5) is 17.1 Å². The van der Waals surface area contributed by atoms with E-state index in [9.17, 15) is 10.1 Å². The summed E-state index contributed by atoms with van der Waals surface area (Å²) in [6.45, 7) is 1.88. The number of anilines is 2. The highest BCUT2D eigenvalue weighted by Gasteiger charge is 2.23. The third-order valence-corrected chi connectivity index (χ3v) is 2.28. The monoisotopic (exact) mass is 192 g/mol. The fourth-order valence-corrected chi connectivity index (χ4v) is 1.59. The Morgan fingerprint density at radius 2 is 1.86 bits per heavy atom. The molecule has 1 aliphatic heterocycles. The van der Waals surface area contributed by atoms with Crippen LogP contribution in [0.3, 0.4) is 0 Å². The maximum Gasteiger partial charge on any atom is 0.271 e. The van der Waals surface area contributed by atoms with E-state index in [0.29, 0.717) is 0 Å². The maximum atomic E-state index is 10.6. The van der Waals surface area contributed by atoms with Gasteiger partial charge in [-0.15, -0.1) is 0 Å². The highest BCUT2D eigenvalue weighted by atomic mass is 16.6. The van der Waals surface area contributed by atoms with E-state index >= 15 is 0 Å². The second-order valence-corrected chi connectivity index (χ2v) is 3.27. The molecule has 1 radical (unpaired) electrons. The van der Waals surface area contributed by atoms with Crippen molar-refractivity contribution in [3.8, 4) is 0 Å². The summed E-state index contributed by atoms with van der Waals surface area (Å²) < 4.78 is 0. The number of rotatable bonds is 1. The molecule has 1 aromatic rings. The van der Waals surface area contributed by atoms with Gasteiger partial charge < -0.3 is 9.80 Å². The van der Waals surface area contributed by atoms with Gasteiger partial charge in [0, 0.05) is 26.2 Å². The molecular formula is C9H10N3O2. The average molecular weight is 192 g/mol. The SMILES string of the molecule is CN1[CH]N(C)c2cc([N+](=O)[O-])ccc21. The van der Waals surface area contributed by atoms with Crippen molar-refractivity contribution < 1.29 is 4.92 Å². The van der Waals surface area contributed by atoms with Gasteiger partial charge in [-0.05, 0) is 6.07 Å². The van der Waals surface area contributed by atoms with Crippen molar-refractivity contribution in [2.75, 3.05) is 23.9 Å². The number of benzene rings is 1. The smallest absolute Gasteiger partial charge is 0.271 e. The topological polar surface area (TPSA) is 49.6 Å². The van der Waals surface area contributed by atoms with Crippen LogP contribution < -0.4 is 9.80 Å². The summed E-state index contributed by atoms with van der Waals surface area (Å²) in [6, 6.07) is 4.85. The fourth-order valence-electron chi connectivity index (χ4n) is 1.59. The van der Waals surface area contributed by atoms with Gasteiger partial charge in [0.1, 0.15) is 6.67 Å². The molecule has 1 heterocycles. The molecule has 1 aromatic carbocycles. The predicted octanol–water partition coefficient (Wildman–Crippen LogP) is 1.60. The molecule has 0 N–H and O–H groups in total. The molecule has 0 spiro atoms. The zero-order valence-corrected chi connectivity index (χ0v) is 7.97. The van der Waals surface area contributed by atoms with E-state index in [1.807, 2.05) is 30.6 Å². The largest absolute Gasteiger partial charge is 0.349 e. The van der Waals surface area contributed by atoms with Crippen molar-refractivity contribution in [2.45, 2.75) is 0 Å². The summed E-state index contributed by atoms with van der Waals surface area (Å²) in [5.74, 6) is 0. The van der Waals surface area contributed by atoms with Crippen molar-refractivity contribution in [1.82, 2.24) is 0 Å². The number of hydrogen-bond donors (Lipinski definition) is 0. The van der Waals surface area contributed by atoms with Gasteiger partial charge in [0.05, 0.1) is 16.3 Å². The molecule has 0 fully saturated rings. The summed E-state index contributed by atoms with van der Waals surface area (Å²) in [6.07, 6.45) is 0. The van der Waals surface area contributed by atoms with Gasteiger partial charge in [0.25, 0.3) is 5.69 Å². The van der Waals surface area contributed by atoms with Crippen LogP contribution in [0.25, 0.3) is 0 Å². The third-order valence-electron chi connectivity index (χ3n) is 2.28. The van der Waals surface area contributed by atoms with E-state index in [1.54, 1.807) is 12.1 Å². The van der Waals surface area contributed by atoms with E-state index < -0.39 is 0 Å². The van der Waals surface area contributed by atoms with Gasteiger partial charge in [0.2, 0.25) is 0 Å². The highest BCUT2D eigenvalue weighted by molar-refractivity contribution is 5.79. The van der Waals surface area contributed by atoms with Crippen molar-refractivity contribution >= 4 is 17.1 Å². The molecule has 0 unspecified atom stereocenters. The standard InChI is InChI=1S/C9H10N3O2/c1-10-6-11(2)9-5-7(12(13)14)3-4-8(9)10/h3-6H,1-2H3. The second-order valence-electron chi connectivity index (χ2n) is 3.27. The first kappa shape index (κ1) is 8.80. The Morgan fingerprint density at radius 1 is 1.21 bits per heavy atom. The Kier molecular flexibility index (Phi) is 1.80. The molecule has 2 rings (SSSR count). The minimum atomic E-state index is -0.382. The summed E-state index contributed by atoms with van der Waals surface area (Å²) in [4.78, 5) is 14.0. The molecule has 1 aliphatic rings. The second kappa shape index (κ2) is 2.87. The lowest BCUT2D eigenvalue weighted by Gasteiger charge is -2.10. The van der Waals surface area contributed by atoms with Crippen molar-refractivity contribution in [3.05, 3.63) is 35.0 Å². The molecule has 0 amide bonds. The number of nitro groups is 1. The average Bonchev–Trinajstić information content (AvgIpc) is 2.42. The molecule has 0 saturated carbocycles. The molecule has 5 nitrogen and oxygen atoms in total. The summed E-state index contributed by atoms with van der Waals surface area (Å²) in [5.41, 5.74) is 1.97. The lowest BCUT2D eigenvalue weighted by Crippen LogP contribution is -2.16. The Morgan fingerprint density at radius 3 is 2.50 bits per heavy atom. The Labute approximate surface area is 81.7 Å². The quantitative estimate of drug-likeness (QED) is 0.501. The number of fused-ring (bicyclic) bond motifs is 1. The minimum absolute atomic E-state index is 0.124. The van der Waals surface area contributed by atoms with Crippen molar-refractivity contribution in [3.63, 3.8) is 0 Å². The van der Waals surface area contributed by atoms with Crippen molar-refractivity contribution in [2.24, 2.45) is 0 Å². The van der Waals surface area contributed by atoms with E-state index in [4.69, 9.17) is 0 Å².